The minimum Gasteiger partial charge on any atom is -0.450 e. The molecule has 0 bridgehead atoms. The fourth-order valence-corrected chi connectivity index (χ4v) is 4.41. The Morgan fingerprint density at radius 3 is 2.47 bits per heavy atom. The van der Waals surface area contributed by atoms with Gasteiger partial charge in [-0.25, -0.2) is 9.78 Å². The molecule has 0 aliphatic carbocycles. The lowest BCUT2D eigenvalue weighted by atomic mass is 10.1. The van der Waals surface area contributed by atoms with E-state index in [2.05, 4.69) is 4.98 Å². The summed E-state index contributed by atoms with van der Waals surface area (Å²) in [6, 6.07) is 7.77. The first-order valence-corrected chi connectivity index (χ1v) is 11.4. The number of hydrogen-bond acceptors (Lipinski definition) is 6. The molecular weight excluding hydrogens is 406 g/mol. The molecule has 1 atom stereocenters. The highest BCUT2D eigenvalue weighted by Gasteiger charge is 2.26. The fraction of sp³-hybridized carbons (Fsp3) is 0.476. The SMILES string of the molecule is CCOC(=O)N1CCN(C(=O)CS(=O)Cc2nc(-c3ccccc3C)oc2C)CC1. The minimum absolute atomic E-state index is 0.0780. The predicted molar refractivity (Wildman–Crippen MR) is 113 cm³/mol. The number of aromatic nitrogens is 1. The fourth-order valence-electron chi connectivity index (χ4n) is 3.28. The van der Waals surface area contributed by atoms with Crippen LogP contribution >= 0.6 is 0 Å². The summed E-state index contributed by atoms with van der Waals surface area (Å²) in [5.74, 6) is 1.01. The molecule has 1 aliphatic rings. The first kappa shape index (κ1) is 22.0. The van der Waals surface area contributed by atoms with Crippen LogP contribution in [0.5, 0.6) is 0 Å². The first-order chi connectivity index (χ1) is 14.4. The number of aryl methyl sites for hydroxylation is 2. The zero-order valence-electron chi connectivity index (χ0n) is 17.6. The molecule has 1 aromatic carbocycles. The Hall–Kier alpha value is -2.68. The number of ether oxygens (including phenoxy) is 1. The van der Waals surface area contributed by atoms with Gasteiger partial charge >= 0.3 is 6.09 Å². The number of benzene rings is 1. The maximum Gasteiger partial charge on any atom is 0.409 e. The van der Waals surface area contributed by atoms with Gasteiger partial charge in [-0.15, -0.1) is 0 Å². The number of amides is 2. The van der Waals surface area contributed by atoms with Crippen LogP contribution in [-0.4, -0.2) is 69.5 Å². The Balaban J connectivity index is 1.54. The quantitative estimate of drug-likeness (QED) is 0.695. The molecule has 0 saturated carbocycles. The molecule has 0 N–H and O–H groups in total. The van der Waals surface area contributed by atoms with Crippen LogP contribution in [0.3, 0.4) is 0 Å². The molecule has 9 heteroatoms. The average Bonchev–Trinajstić information content (AvgIpc) is 3.08. The van der Waals surface area contributed by atoms with Gasteiger partial charge in [-0.2, -0.15) is 0 Å². The summed E-state index contributed by atoms with van der Waals surface area (Å²) >= 11 is 0. The number of carbonyl (C=O) groups is 2. The zero-order chi connectivity index (χ0) is 21.7. The normalized spacial score (nSPS) is 15.2. The topological polar surface area (TPSA) is 93.0 Å². The summed E-state index contributed by atoms with van der Waals surface area (Å²) in [5.41, 5.74) is 2.54. The van der Waals surface area contributed by atoms with Crippen molar-refractivity contribution >= 4 is 22.8 Å². The molecule has 1 fully saturated rings. The summed E-state index contributed by atoms with van der Waals surface area (Å²) in [6.07, 6.45) is -0.362. The van der Waals surface area contributed by atoms with Crippen molar-refractivity contribution in [1.82, 2.24) is 14.8 Å². The van der Waals surface area contributed by atoms with Gasteiger partial charge in [-0.3, -0.25) is 9.00 Å². The summed E-state index contributed by atoms with van der Waals surface area (Å²) in [4.78, 5) is 32.0. The molecule has 1 aromatic heterocycles. The van der Waals surface area contributed by atoms with E-state index in [0.29, 0.717) is 50.1 Å². The average molecular weight is 434 g/mol. The van der Waals surface area contributed by atoms with Gasteiger partial charge in [0.1, 0.15) is 11.5 Å². The molecule has 1 saturated heterocycles. The van der Waals surface area contributed by atoms with Gasteiger partial charge in [-0.05, 0) is 32.4 Å². The first-order valence-electron chi connectivity index (χ1n) is 9.95. The predicted octanol–water partition coefficient (Wildman–Crippen LogP) is 2.51. The van der Waals surface area contributed by atoms with Crippen LogP contribution in [-0.2, 0) is 26.1 Å². The molecule has 2 aromatic rings. The number of piperazine rings is 1. The van der Waals surface area contributed by atoms with E-state index in [0.717, 1.165) is 11.1 Å². The Kier molecular flexibility index (Phi) is 7.25. The van der Waals surface area contributed by atoms with E-state index in [9.17, 15) is 13.8 Å². The molecule has 2 heterocycles. The van der Waals surface area contributed by atoms with E-state index in [4.69, 9.17) is 9.15 Å². The second kappa shape index (κ2) is 9.88. The lowest BCUT2D eigenvalue weighted by molar-refractivity contribution is -0.129. The van der Waals surface area contributed by atoms with Crippen molar-refractivity contribution in [3.05, 3.63) is 41.3 Å². The van der Waals surface area contributed by atoms with Gasteiger partial charge in [0.15, 0.2) is 0 Å². The third-order valence-corrected chi connectivity index (χ3v) is 6.17. The maximum absolute atomic E-state index is 12.6. The van der Waals surface area contributed by atoms with Gasteiger partial charge in [0.05, 0.1) is 18.1 Å². The smallest absolute Gasteiger partial charge is 0.409 e. The zero-order valence-corrected chi connectivity index (χ0v) is 18.4. The van der Waals surface area contributed by atoms with Gasteiger partial charge in [0.2, 0.25) is 11.8 Å². The summed E-state index contributed by atoms with van der Waals surface area (Å²) in [5, 5.41) is 0. The summed E-state index contributed by atoms with van der Waals surface area (Å²) < 4.78 is 23.3. The van der Waals surface area contributed by atoms with E-state index in [1.807, 2.05) is 31.2 Å². The van der Waals surface area contributed by atoms with Crippen molar-refractivity contribution in [2.75, 3.05) is 38.5 Å². The van der Waals surface area contributed by atoms with Crippen molar-refractivity contribution < 1.29 is 23.0 Å². The molecule has 3 rings (SSSR count). The van der Waals surface area contributed by atoms with Crippen LogP contribution in [0.4, 0.5) is 4.79 Å². The Morgan fingerprint density at radius 2 is 1.80 bits per heavy atom. The lowest BCUT2D eigenvalue weighted by Gasteiger charge is -2.34. The summed E-state index contributed by atoms with van der Waals surface area (Å²) in [7, 11) is -1.40. The largest absolute Gasteiger partial charge is 0.450 e. The van der Waals surface area contributed by atoms with Gasteiger partial charge in [-0.1, -0.05) is 18.2 Å². The van der Waals surface area contributed by atoms with Crippen LogP contribution in [0, 0.1) is 13.8 Å². The van der Waals surface area contributed by atoms with Gasteiger partial charge < -0.3 is 19.0 Å². The number of nitrogens with zero attached hydrogens (tertiary/aromatic N) is 3. The summed E-state index contributed by atoms with van der Waals surface area (Å²) in [6.45, 7) is 7.51. The Morgan fingerprint density at radius 1 is 1.13 bits per heavy atom. The molecule has 30 heavy (non-hydrogen) atoms. The maximum atomic E-state index is 12.6. The van der Waals surface area contributed by atoms with Crippen molar-refractivity contribution in [3.8, 4) is 11.5 Å². The van der Waals surface area contributed by atoms with E-state index in [1.165, 1.54) is 0 Å². The molecule has 1 unspecified atom stereocenters. The van der Waals surface area contributed by atoms with Crippen LogP contribution < -0.4 is 0 Å². The minimum atomic E-state index is -1.40. The standard InChI is InChI=1S/C21H27N3O5S/c1-4-28-21(26)24-11-9-23(10-12-24)19(25)14-30(27)13-18-16(3)29-20(22-18)17-8-6-5-7-15(17)2/h5-8H,4,9-14H2,1-3H3. The van der Waals surface area contributed by atoms with E-state index in [1.54, 1.807) is 23.6 Å². The van der Waals surface area contributed by atoms with Crippen molar-refractivity contribution in [2.24, 2.45) is 0 Å². The molecule has 162 valence electrons. The molecule has 0 radical (unpaired) electrons. The van der Waals surface area contributed by atoms with Gasteiger partial charge in [0, 0.05) is 42.5 Å². The second-order valence-corrected chi connectivity index (χ2v) is 8.59. The lowest BCUT2D eigenvalue weighted by Crippen LogP contribution is -2.51. The van der Waals surface area contributed by atoms with Crippen LogP contribution in [0.25, 0.3) is 11.5 Å². The van der Waals surface area contributed by atoms with E-state index < -0.39 is 10.8 Å². The molecular formula is C21H27N3O5S. The molecule has 8 nitrogen and oxygen atoms in total. The molecule has 0 spiro atoms. The Labute approximate surface area is 178 Å². The van der Waals surface area contributed by atoms with Crippen molar-refractivity contribution in [1.29, 1.82) is 0 Å². The monoisotopic (exact) mass is 433 g/mol. The van der Waals surface area contributed by atoms with Crippen LogP contribution in [0.1, 0.15) is 23.9 Å². The van der Waals surface area contributed by atoms with Crippen molar-refractivity contribution in [3.63, 3.8) is 0 Å². The number of rotatable bonds is 6. The highest BCUT2D eigenvalue weighted by atomic mass is 32.2. The van der Waals surface area contributed by atoms with Crippen LogP contribution in [0.2, 0.25) is 0 Å². The second-order valence-electron chi connectivity index (χ2n) is 7.13. The number of oxazole rings is 1. The Bertz CT molecular complexity index is 934. The third kappa shape index (κ3) is 5.27. The number of carbonyl (C=O) groups excluding carboxylic acids is 2. The van der Waals surface area contributed by atoms with Gasteiger partial charge in [0.25, 0.3) is 0 Å². The van der Waals surface area contributed by atoms with Crippen LogP contribution in [0.15, 0.2) is 28.7 Å². The number of hydrogen-bond donors (Lipinski definition) is 0. The van der Waals surface area contributed by atoms with Crippen molar-refractivity contribution in [2.45, 2.75) is 26.5 Å². The third-order valence-electron chi connectivity index (χ3n) is 5.01. The molecule has 1 aliphatic heterocycles. The highest BCUT2D eigenvalue weighted by Crippen LogP contribution is 2.25. The van der Waals surface area contributed by atoms with E-state index in [-0.39, 0.29) is 23.5 Å². The van der Waals surface area contributed by atoms with E-state index >= 15 is 0 Å². The highest BCUT2D eigenvalue weighted by molar-refractivity contribution is 7.84. The molecule has 2 amide bonds.